The van der Waals surface area contributed by atoms with E-state index >= 15 is 0 Å². The largest absolute Gasteiger partial charge is 2.00 e. The summed E-state index contributed by atoms with van der Waals surface area (Å²) in [5.41, 5.74) is 3.91. The molecular weight excluding hydrogens is 496 g/mol. The summed E-state index contributed by atoms with van der Waals surface area (Å²) < 4.78 is 0. The third kappa shape index (κ3) is 5.92. The second-order valence-corrected chi connectivity index (χ2v) is 7.01. The molecule has 0 bridgehead atoms. The molecule has 2 aromatic carbocycles. The van der Waals surface area contributed by atoms with Crippen molar-refractivity contribution in [3.8, 4) is 0 Å². The van der Waals surface area contributed by atoms with Gasteiger partial charge in [-0.1, -0.05) is 48.5 Å². The number of pyridine rings is 4. The van der Waals surface area contributed by atoms with Gasteiger partial charge < -0.3 is 19.8 Å². The molecule has 35 heavy (non-hydrogen) atoms. The molecule has 6 rings (SSSR count). The summed E-state index contributed by atoms with van der Waals surface area (Å²) in [6.45, 7) is 0. The van der Waals surface area contributed by atoms with Gasteiger partial charge in [-0.25, -0.2) is 0 Å². The van der Waals surface area contributed by atoms with E-state index in [0.29, 0.717) is 0 Å². The monoisotopic (exact) mass is 511 g/mol. The Hall–Kier alpha value is -4.46. The number of carbonyl (C=O) groups is 2. The fourth-order valence-electron chi connectivity index (χ4n) is 3.36. The van der Waals surface area contributed by atoms with Crippen LogP contribution >= 0.6 is 0 Å². The first-order valence-electron chi connectivity index (χ1n) is 10.1. The van der Waals surface area contributed by atoms with Crippen LogP contribution in [0.2, 0.25) is 0 Å². The van der Waals surface area contributed by atoms with Crippen LogP contribution in [-0.2, 0) is 26.7 Å². The number of carbonyl (C=O) groups excluding carboxylic acids is 2. The van der Waals surface area contributed by atoms with Crippen LogP contribution < -0.4 is 10.2 Å². The average molecular weight is 512 g/mol. The molecule has 0 saturated heterocycles. The van der Waals surface area contributed by atoms with Crippen molar-refractivity contribution in [1.82, 2.24) is 19.9 Å². The molecule has 0 aliphatic rings. The average Bonchev–Trinajstić information content (AvgIpc) is 2.89. The number of carboxylic acids is 2. The number of rotatable bonds is 0. The van der Waals surface area contributed by atoms with Crippen molar-refractivity contribution in [2.45, 2.75) is 0 Å². The summed E-state index contributed by atoms with van der Waals surface area (Å²) >= 11 is 0. The number of hydrogen-bond donors (Lipinski definition) is 0. The third-order valence-electron chi connectivity index (χ3n) is 4.86. The first-order valence-corrected chi connectivity index (χ1v) is 10.1. The topological polar surface area (TPSA) is 132 Å². The molecule has 0 aliphatic heterocycles. The van der Waals surface area contributed by atoms with Gasteiger partial charge in [0.2, 0.25) is 0 Å². The van der Waals surface area contributed by atoms with Gasteiger partial charge in [0.05, 0.1) is 34.0 Å². The Morgan fingerprint density at radius 3 is 0.886 bits per heavy atom. The Kier molecular flexibility index (Phi) is 8.34. The zero-order valence-electron chi connectivity index (χ0n) is 18.0. The number of fused-ring (bicyclic) bond motifs is 6. The molecular formula is C26H16CuN4O4. The van der Waals surface area contributed by atoms with E-state index in [-0.39, 0.29) is 17.1 Å². The summed E-state index contributed by atoms with van der Waals surface area (Å²) in [4.78, 5) is 35.2. The van der Waals surface area contributed by atoms with Gasteiger partial charge in [-0.05, 0) is 24.3 Å². The van der Waals surface area contributed by atoms with E-state index in [1.165, 1.54) is 0 Å². The molecule has 0 atom stereocenters. The van der Waals surface area contributed by atoms with Crippen molar-refractivity contribution < 1.29 is 36.9 Å². The van der Waals surface area contributed by atoms with Crippen molar-refractivity contribution in [2.75, 3.05) is 0 Å². The van der Waals surface area contributed by atoms with Crippen molar-refractivity contribution in [3.63, 3.8) is 0 Å². The maximum absolute atomic E-state index is 8.93. The quantitative estimate of drug-likeness (QED) is 0.172. The van der Waals surface area contributed by atoms with Crippen LogP contribution in [0.15, 0.2) is 97.6 Å². The van der Waals surface area contributed by atoms with Gasteiger partial charge >= 0.3 is 17.1 Å². The molecule has 0 saturated carbocycles. The smallest absolute Gasteiger partial charge is 0.543 e. The van der Waals surface area contributed by atoms with E-state index in [2.05, 4.69) is 68.5 Å². The Labute approximate surface area is 209 Å². The van der Waals surface area contributed by atoms with E-state index < -0.39 is 11.9 Å². The number of benzene rings is 2. The molecule has 0 N–H and O–H groups in total. The zero-order chi connectivity index (χ0) is 23.9. The van der Waals surface area contributed by atoms with Crippen LogP contribution in [0, 0.1) is 0 Å². The summed E-state index contributed by atoms with van der Waals surface area (Å²) in [6, 6.07) is 24.3. The molecule has 4 heterocycles. The van der Waals surface area contributed by atoms with Crippen LogP contribution in [0.4, 0.5) is 0 Å². The van der Waals surface area contributed by atoms with Crippen LogP contribution in [0.3, 0.4) is 0 Å². The summed E-state index contributed by atoms with van der Waals surface area (Å²) in [7, 11) is 0. The fourth-order valence-corrected chi connectivity index (χ4v) is 3.36. The molecule has 0 amide bonds. The molecule has 1 radical (unpaired) electrons. The summed E-state index contributed by atoms with van der Waals surface area (Å²) in [5, 5.41) is 22.4. The van der Waals surface area contributed by atoms with Gasteiger partial charge in [-0.3, -0.25) is 19.9 Å². The van der Waals surface area contributed by atoms with Crippen LogP contribution in [-0.4, -0.2) is 31.9 Å². The minimum absolute atomic E-state index is 0. The Morgan fingerprint density at radius 1 is 0.457 bits per heavy atom. The molecule has 8 nitrogen and oxygen atoms in total. The maximum Gasteiger partial charge on any atom is 2.00 e. The molecule has 175 valence electrons. The predicted molar refractivity (Wildman–Crippen MR) is 124 cm³/mol. The van der Waals surface area contributed by atoms with Gasteiger partial charge in [0, 0.05) is 46.3 Å². The Balaban J connectivity index is 0.000000157. The molecule has 4 aromatic heterocycles. The van der Waals surface area contributed by atoms with E-state index in [0.717, 1.165) is 43.6 Å². The third-order valence-corrected chi connectivity index (χ3v) is 4.86. The minimum atomic E-state index is -2.19. The standard InChI is InChI=1S/2C12H8N2.C2H2O4.Cu/c2*1-3-9-5-6-10-4-2-8-14-12(10)11(9)13-7-1;3-1(4)2(5)6;/h2*1-8H;(H,3,4)(H,5,6);/q;;;+2/p-2. The molecule has 0 fully saturated rings. The van der Waals surface area contributed by atoms with Gasteiger partial charge in [0.1, 0.15) is 0 Å². The van der Waals surface area contributed by atoms with Crippen molar-refractivity contribution in [1.29, 1.82) is 0 Å². The Bertz CT molecular complexity index is 1410. The number of aromatic nitrogens is 4. The number of aliphatic carboxylic acids is 2. The van der Waals surface area contributed by atoms with E-state index in [4.69, 9.17) is 19.8 Å². The first-order chi connectivity index (χ1) is 16.5. The minimum Gasteiger partial charge on any atom is -0.543 e. The number of hydrogen-bond acceptors (Lipinski definition) is 8. The molecule has 6 aromatic rings. The molecule has 0 unspecified atom stereocenters. The second kappa shape index (κ2) is 11.6. The van der Waals surface area contributed by atoms with E-state index in [9.17, 15) is 0 Å². The SMILES string of the molecule is O=C([O-])C(=O)[O-].[Cu+2].c1cnc2c(c1)ccc1cccnc12.c1cnc2c(c1)ccc1cccnc12. The van der Waals surface area contributed by atoms with Gasteiger partial charge in [-0.2, -0.15) is 0 Å². The van der Waals surface area contributed by atoms with E-state index in [1.807, 2.05) is 24.3 Å². The van der Waals surface area contributed by atoms with Crippen molar-refractivity contribution in [2.24, 2.45) is 0 Å². The molecule has 0 aliphatic carbocycles. The number of carboxylic acid groups (broad SMARTS) is 2. The van der Waals surface area contributed by atoms with Crippen molar-refractivity contribution in [3.05, 3.63) is 97.6 Å². The fraction of sp³-hybridized carbons (Fsp3) is 0. The first kappa shape index (κ1) is 25.2. The number of nitrogens with zero attached hydrogens (tertiary/aromatic N) is 4. The second-order valence-electron chi connectivity index (χ2n) is 7.01. The molecule has 0 spiro atoms. The maximum atomic E-state index is 8.93. The predicted octanol–water partition coefficient (Wildman–Crippen LogP) is 2.05. The zero-order valence-corrected chi connectivity index (χ0v) is 18.9. The van der Waals surface area contributed by atoms with E-state index in [1.54, 1.807) is 24.8 Å². The van der Waals surface area contributed by atoms with Crippen molar-refractivity contribution >= 4 is 55.6 Å². The van der Waals surface area contributed by atoms with Crippen LogP contribution in [0.1, 0.15) is 0 Å². The van der Waals surface area contributed by atoms with Gasteiger partial charge in [0.15, 0.2) is 0 Å². The normalized spacial score (nSPS) is 9.94. The van der Waals surface area contributed by atoms with Gasteiger partial charge in [-0.15, -0.1) is 0 Å². The van der Waals surface area contributed by atoms with Gasteiger partial charge in [0.25, 0.3) is 0 Å². The Morgan fingerprint density at radius 2 is 0.686 bits per heavy atom. The summed E-state index contributed by atoms with van der Waals surface area (Å²) in [6.07, 6.45) is 7.21. The summed E-state index contributed by atoms with van der Waals surface area (Å²) in [5.74, 6) is -4.37. The van der Waals surface area contributed by atoms with Crippen LogP contribution in [0.25, 0.3) is 43.6 Å². The van der Waals surface area contributed by atoms with Crippen LogP contribution in [0.5, 0.6) is 0 Å². The molecule has 9 heteroatoms.